The monoisotopic (exact) mass is 380 g/mol. The lowest BCUT2D eigenvalue weighted by atomic mass is 10.1. The number of amides is 1. The Hall–Kier alpha value is -3.26. The summed E-state index contributed by atoms with van der Waals surface area (Å²) >= 11 is 0. The fourth-order valence-electron chi connectivity index (χ4n) is 2.77. The summed E-state index contributed by atoms with van der Waals surface area (Å²) in [5.41, 5.74) is 2.17. The summed E-state index contributed by atoms with van der Waals surface area (Å²) in [4.78, 5) is 29.4. The fourth-order valence-corrected chi connectivity index (χ4v) is 2.77. The molecule has 8 heteroatoms. The molecule has 2 heterocycles. The molecule has 0 saturated carbocycles. The number of aryl methyl sites for hydroxylation is 1. The Morgan fingerprint density at radius 3 is 2.54 bits per heavy atom. The van der Waals surface area contributed by atoms with E-state index in [4.69, 9.17) is 0 Å². The third-order valence-corrected chi connectivity index (χ3v) is 4.42. The standard InChI is InChI=1S/C20H24N6O2/c1-24(2)18-13-21-12-17(23-18)15-4-6-16(7-5-15)20(28)26(10-11-27)14-19-22-8-9-25(19)3/h4-9,12-13,27H,10-11,14H2,1-3H3. The summed E-state index contributed by atoms with van der Waals surface area (Å²) in [7, 11) is 5.70. The van der Waals surface area contributed by atoms with Gasteiger partial charge in [0.25, 0.3) is 5.91 Å². The minimum atomic E-state index is -0.156. The highest BCUT2D eigenvalue weighted by molar-refractivity contribution is 5.94. The summed E-state index contributed by atoms with van der Waals surface area (Å²) in [5.74, 6) is 1.37. The Balaban J connectivity index is 1.80. The first-order valence-electron chi connectivity index (χ1n) is 8.95. The maximum atomic E-state index is 12.9. The number of imidazole rings is 1. The SMILES string of the molecule is CN(C)c1cncc(-c2ccc(C(=O)N(CCO)Cc3nccn3C)cc2)n1. The van der Waals surface area contributed by atoms with Gasteiger partial charge in [0.05, 0.1) is 31.2 Å². The van der Waals surface area contributed by atoms with E-state index in [2.05, 4.69) is 15.0 Å². The van der Waals surface area contributed by atoms with Crippen LogP contribution in [0.4, 0.5) is 5.82 Å². The highest BCUT2D eigenvalue weighted by Crippen LogP contribution is 2.20. The third-order valence-electron chi connectivity index (χ3n) is 4.42. The highest BCUT2D eigenvalue weighted by atomic mass is 16.3. The Morgan fingerprint density at radius 1 is 1.18 bits per heavy atom. The van der Waals surface area contributed by atoms with E-state index in [1.54, 1.807) is 35.6 Å². The Kier molecular flexibility index (Phi) is 6.00. The van der Waals surface area contributed by atoms with Crippen molar-refractivity contribution in [1.29, 1.82) is 0 Å². The van der Waals surface area contributed by atoms with Gasteiger partial charge >= 0.3 is 0 Å². The van der Waals surface area contributed by atoms with Crippen molar-refractivity contribution in [2.75, 3.05) is 32.1 Å². The van der Waals surface area contributed by atoms with Crippen molar-refractivity contribution in [3.8, 4) is 11.3 Å². The number of carbonyl (C=O) groups excluding carboxylic acids is 1. The van der Waals surface area contributed by atoms with Gasteiger partial charge < -0.3 is 19.5 Å². The lowest BCUT2D eigenvalue weighted by Crippen LogP contribution is -2.34. The zero-order chi connectivity index (χ0) is 20.1. The Morgan fingerprint density at radius 2 is 1.93 bits per heavy atom. The molecule has 0 bridgehead atoms. The van der Waals surface area contributed by atoms with Gasteiger partial charge in [0, 0.05) is 51.2 Å². The smallest absolute Gasteiger partial charge is 0.254 e. The van der Waals surface area contributed by atoms with Crippen molar-refractivity contribution < 1.29 is 9.90 Å². The van der Waals surface area contributed by atoms with Crippen LogP contribution in [0.1, 0.15) is 16.2 Å². The van der Waals surface area contributed by atoms with E-state index in [1.165, 1.54) is 0 Å². The molecular formula is C20H24N6O2. The van der Waals surface area contributed by atoms with Gasteiger partial charge in [-0.15, -0.1) is 0 Å². The molecule has 2 aromatic heterocycles. The van der Waals surface area contributed by atoms with Crippen molar-refractivity contribution in [2.45, 2.75) is 6.54 Å². The molecule has 3 aromatic rings. The van der Waals surface area contributed by atoms with Crippen LogP contribution in [0.15, 0.2) is 49.1 Å². The minimum Gasteiger partial charge on any atom is -0.395 e. The summed E-state index contributed by atoms with van der Waals surface area (Å²) in [5, 5.41) is 9.35. The van der Waals surface area contributed by atoms with Crippen LogP contribution >= 0.6 is 0 Å². The van der Waals surface area contributed by atoms with Crippen molar-refractivity contribution >= 4 is 11.7 Å². The minimum absolute atomic E-state index is 0.110. The van der Waals surface area contributed by atoms with E-state index < -0.39 is 0 Å². The topological polar surface area (TPSA) is 87.4 Å². The van der Waals surface area contributed by atoms with Crippen molar-refractivity contribution in [1.82, 2.24) is 24.4 Å². The van der Waals surface area contributed by atoms with Gasteiger partial charge in [0.1, 0.15) is 11.6 Å². The van der Waals surface area contributed by atoms with Gasteiger partial charge in [-0.1, -0.05) is 12.1 Å². The second-order valence-corrected chi connectivity index (χ2v) is 6.64. The zero-order valence-electron chi connectivity index (χ0n) is 16.3. The van der Waals surface area contributed by atoms with Crippen molar-refractivity contribution in [2.24, 2.45) is 7.05 Å². The average Bonchev–Trinajstić information content (AvgIpc) is 3.12. The average molecular weight is 380 g/mol. The van der Waals surface area contributed by atoms with Crippen LogP contribution in [-0.2, 0) is 13.6 Å². The first kappa shape index (κ1) is 19.5. The largest absolute Gasteiger partial charge is 0.395 e. The van der Waals surface area contributed by atoms with Gasteiger partial charge in [-0.3, -0.25) is 9.78 Å². The van der Waals surface area contributed by atoms with Gasteiger partial charge in [-0.2, -0.15) is 0 Å². The molecular weight excluding hydrogens is 356 g/mol. The quantitative estimate of drug-likeness (QED) is 0.670. The number of anilines is 1. The molecule has 0 saturated heterocycles. The molecule has 0 radical (unpaired) electrons. The van der Waals surface area contributed by atoms with Crippen LogP contribution in [0.25, 0.3) is 11.3 Å². The maximum Gasteiger partial charge on any atom is 0.254 e. The Bertz CT molecular complexity index is 936. The molecule has 1 N–H and O–H groups in total. The molecule has 3 rings (SSSR count). The molecule has 0 aliphatic heterocycles. The van der Waals surface area contributed by atoms with E-state index in [-0.39, 0.29) is 19.1 Å². The summed E-state index contributed by atoms with van der Waals surface area (Å²) in [6.45, 7) is 0.464. The molecule has 1 amide bonds. The number of aliphatic hydroxyl groups is 1. The van der Waals surface area contributed by atoms with E-state index in [0.717, 1.165) is 22.9 Å². The zero-order valence-corrected chi connectivity index (χ0v) is 16.3. The molecule has 0 unspecified atom stereocenters. The van der Waals surface area contributed by atoms with Gasteiger partial charge in [0.15, 0.2) is 0 Å². The number of carbonyl (C=O) groups is 1. The molecule has 0 aliphatic rings. The molecule has 0 spiro atoms. The number of nitrogens with zero attached hydrogens (tertiary/aromatic N) is 6. The lowest BCUT2D eigenvalue weighted by Gasteiger charge is -2.21. The highest BCUT2D eigenvalue weighted by Gasteiger charge is 2.18. The van der Waals surface area contributed by atoms with Gasteiger partial charge in [0.2, 0.25) is 0 Å². The first-order chi connectivity index (χ1) is 13.5. The number of aliphatic hydroxyl groups excluding tert-OH is 1. The van der Waals surface area contributed by atoms with E-state index >= 15 is 0 Å². The normalized spacial score (nSPS) is 10.7. The number of aromatic nitrogens is 4. The van der Waals surface area contributed by atoms with Crippen LogP contribution in [0.2, 0.25) is 0 Å². The molecule has 0 atom stereocenters. The Labute approximate surface area is 164 Å². The van der Waals surface area contributed by atoms with Crippen LogP contribution in [0.5, 0.6) is 0 Å². The lowest BCUT2D eigenvalue weighted by molar-refractivity contribution is 0.0701. The molecule has 146 valence electrons. The second-order valence-electron chi connectivity index (χ2n) is 6.64. The van der Waals surface area contributed by atoms with Gasteiger partial charge in [-0.05, 0) is 12.1 Å². The number of rotatable bonds is 7. The maximum absolute atomic E-state index is 12.9. The second kappa shape index (κ2) is 8.62. The molecule has 0 fully saturated rings. The third kappa shape index (κ3) is 4.34. The fraction of sp³-hybridized carbons (Fsp3) is 0.300. The predicted octanol–water partition coefficient (Wildman–Crippen LogP) is 1.58. The van der Waals surface area contributed by atoms with Crippen LogP contribution in [-0.4, -0.2) is 62.7 Å². The molecule has 0 aliphatic carbocycles. The predicted molar refractivity (Wildman–Crippen MR) is 107 cm³/mol. The van der Waals surface area contributed by atoms with Crippen LogP contribution in [0.3, 0.4) is 0 Å². The summed E-state index contributed by atoms with van der Waals surface area (Å²) in [6.07, 6.45) is 6.91. The first-order valence-corrected chi connectivity index (χ1v) is 8.95. The van der Waals surface area contributed by atoms with E-state index in [9.17, 15) is 9.90 Å². The summed E-state index contributed by atoms with van der Waals surface area (Å²) < 4.78 is 1.86. The number of benzene rings is 1. The van der Waals surface area contributed by atoms with Crippen LogP contribution < -0.4 is 4.90 Å². The number of hydrogen-bond donors (Lipinski definition) is 1. The molecule has 1 aromatic carbocycles. The van der Waals surface area contributed by atoms with Crippen molar-refractivity contribution in [3.63, 3.8) is 0 Å². The van der Waals surface area contributed by atoms with E-state index in [0.29, 0.717) is 12.1 Å². The number of hydrogen-bond acceptors (Lipinski definition) is 6. The van der Waals surface area contributed by atoms with Crippen LogP contribution in [0, 0.1) is 0 Å². The van der Waals surface area contributed by atoms with E-state index in [1.807, 2.05) is 48.9 Å². The summed E-state index contributed by atoms with van der Waals surface area (Å²) in [6, 6.07) is 7.25. The molecule has 8 nitrogen and oxygen atoms in total. The van der Waals surface area contributed by atoms with Crippen molar-refractivity contribution in [3.05, 3.63) is 60.4 Å². The molecule has 28 heavy (non-hydrogen) atoms. The van der Waals surface area contributed by atoms with Gasteiger partial charge in [-0.25, -0.2) is 9.97 Å².